The first-order valence-corrected chi connectivity index (χ1v) is 7.62. The van der Waals surface area contributed by atoms with E-state index in [1.807, 2.05) is 30.3 Å². The molecule has 1 atom stereocenters. The Labute approximate surface area is 132 Å². The van der Waals surface area contributed by atoms with Crippen LogP contribution in [0.4, 0.5) is 0 Å². The Balaban J connectivity index is 1.74. The maximum absolute atomic E-state index is 11.9. The molecule has 0 radical (unpaired) electrons. The van der Waals surface area contributed by atoms with E-state index in [4.69, 9.17) is 11.5 Å². The van der Waals surface area contributed by atoms with Gasteiger partial charge in [0, 0.05) is 13.0 Å². The van der Waals surface area contributed by atoms with Crippen LogP contribution in [-0.2, 0) is 16.0 Å². The summed E-state index contributed by atoms with van der Waals surface area (Å²) in [6.07, 6.45) is 0.805. The second-order valence-corrected chi connectivity index (χ2v) is 5.84. The molecule has 0 saturated carbocycles. The fraction of sp³-hybridized carbons (Fsp3) is 0.286. The smallest absolute Gasteiger partial charge is 0.262 e. The number of amides is 2. The Kier molecular flexibility index (Phi) is 5.54. The van der Waals surface area contributed by atoms with Crippen molar-refractivity contribution in [2.75, 3.05) is 6.54 Å². The van der Waals surface area contributed by atoms with Gasteiger partial charge in [-0.3, -0.25) is 9.59 Å². The molecule has 1 heterocycles. The Hall–Kier alpha value is -2.35. The summed E-state index contributed by atoms with van der Waals surface area (Å²) >= 11 is 1.10. The van der Waals surface area contributed by atoms with Gasteiger partial charge in [-0.15, -0.1) is 0 Å². The first-order chi connectivity index (χ1) is 10.5. The second kappa shape index (κ2) is 7.60. The van der Waals surface area contributed by atoms with E-state index in [0.29, 0.717) is 6.54 Å². The Bertz CT molecular complexity index is 611. The number of benzene rings is 1. The molecule has 7 nitrogen and oxygen atoms in total. The van der Waals surface area contributed by atoms with Gasteiger partial charge in [0.1, 0.15) is 5.25 Å². The summed E-state index contributed by atoms with van der Waals surface area (Å²) in [6, 6.07) is 9.84. The van der Waals surface area contributed by atoms with Crippen LogP contribution >= 0.6 is 11.8 Å². The fourth-order valence-corrected chi connectivity index (χ4v) is 2.84. The number of hydrogen-bond acceptors (Lipinski definition) is 4. The molecule has 0 spiro atoms. The van der Waals surface area contributed by atoms with Crippen LogP contribution in [0.1, 0.15) is 12.0 Å². The summed E-state index contributed by atoms with van der Waals surface area (Å²) in [7, 11) is 0. The number of nitrogens with two attached hydrogens (primary N) is 2. The Morgan fingerprint density at radius 3 is 2.73 bits per heavy atom. The standard InChI is InChI=1S/C14H17N5O2S/c15-13(16)19-14-18-12(21)10(22-14)8-11(20)17-7-6-9-4-2-1-3-5-9/h1-5,10H,6-8H2,(H,17,20)(H4,15,16,18,19,21)/t10-/m1/s1. The highest BCUT2D eigenvalue weighted by Crippen LogP contribution is 2.25. The molecule has 0 aromatic heterocycles. The lowest BCUT2D eigenvalue weighted by Gasteiger charge is -2.08. The summed E-state index contributed by atoms with van der Waals surface area (Å²) in [6.45, 7) is 0.524. The zero-order valence-corrected chi connectivity index (χ0v) is 12.7. The molecular weight excluding hydrogens is 302 g/mol. The highest BCUT2D eigenvalue weighted by Gasteiger charge is 2.30. The summed E-state index contributed by atoms with van der Waals surface area (Å²) in [5.74, 6) is -0.738. The monoisotopic (exact) mass is 319 g/mol. The van der Waals surface area contributed by atoms with E-state index in [2.05, 4.69) is 15.3 Å². The number of nitrogens with one attached hydrogen (secondary N) is 1. The number of nitrogens with zero attached hydrogens (tertiary/aromatic N) is 2. The van der Waals surface area contributed by atoms with Crippen molar-refractivity contribution in [2.24, 2.45) is 21.5 Å². The number of carbonyl (C=O) groups is 2. The molecule has 22 heavy (non-hydrogen) atoms. The average Bonchev–Trinajstić information content (AvgIpc) is 2.79. The maximum Gasteiger partial charge on any atom is 0.262 e. The van der Waals surface area contributed by atoms with E-state index in [0.717, 1.165) is 23.7 Å². The molecule has 5 N–H and O–H groups in total. The Morgan fingerprint density at radius 2 is 2.05 bits per heavy atom. The number of thioether (sulfide) groups is 1. The van der Waals surface area contributed by atoms with Crippen molar-refractivity contribution >= 4 is 34.7 Å². The minimum absolute atomic E-state index is 0.0608. The molecule has 0 fully saturated rings. The quantitative estimate of drug-likeness (QED) is 0.521. The highest BCUT2D eigenvalue weighted by atomic mass is 32.2. The van der Waals surface area contributed by atoms with Crippen LogP contribution in [0.5, 0.6) is 0 Å². The molecule has 2 rings (SSSR count). The first kappa shape index (κ1) is 16.0. The van der Waals surface area contributed by atoms with E-state index < -0.39 is 5.25 Å². The fourth-order valence-electron chi connectivity index (χ4n) is 1.89. The third-order valence-electron chi connectivity index (χ3n) is 2.90. The summed E-state index contributed by atoms with van der Waals surface area (Å²) < 4.78 is 0. The van der Waals surface area contributed by atoms with Crippen molar-refractivity contribution in [3.63, 3.8) is 0 Å². The van der Waals surface area contributed by atoms with Gasteiger partial charge in [-0.2, -0.15) is 9.98 Å². The van der Waals surface area contributed by atoms with Crippen molar-refractivity contribution in [2.45, 2.75) is 18.1 Å². The van der Waals surface area contributed by atoms with E-state index in [-0.39, 0.29) is 29.4 Å². The van der Waals surface area contributed by atoms with Gasteiger partial charge < -0.3 is 16.8 Å². The number of carbonyl (C=O) groups excluding carboxylic acids is 2. The third kappa shape index (κ3) is 4.88. The average molecular weight is 319 g/mol. The van der Waals surface area contributed by atoms with Gasteiger partial charge in [-0.1, -0.05) is 42.1 Å². The van der Waals surface area contributed by atoms with Crippen molar-refractivity contribution < 1.29 is 9.59 Å². The van der Waals surface area contributed by atoms with Gasteiger partial charge in [0.2, 0.25) is 5.91 Å². The zero-order chi connectivity index (χ0) is 15.9. The molecule has 1 aliphatic rings. The second-order valence-electron chi connectivity index (χ2n) is 4.67. The van der Waals surface area contributed by atoms with E-state index in [9.17, 15) is 9.59 Å². The minimum Gasteiger partial charge on any atom is -0.370 e. The first-order valence-electron chi connectivity index (χ1n) is 6.74. The molecule has 1 aromatic carbocycles. The topological polar surface area (TPSA) is 123 Å². The molecule has 0 saturated heterocycles. The normalized spacial score (nSPS) is 17.0. The van der Waals surface area contributed by atoms with E-state index in [1.54, 1.807) is 0 Å². The van der Waals surface area contributed by atoms with Crippen molar-refractivity contribution in [3.8, 4) is 0 Å². The van der Waals surface area contributed by atoms with Crippen LogP contribution in [-0.4, -0.2) is 34.7 Å². The van der Waals surface area contributed by atoms with Crippen LogP contribution in [0.2, 0.25) is 0 Å². The highest BCUT2D eigenvalue weighted by molar-refractivity contribution is 8.15. The predicted octanol–water partition coefficient (Wildman–Crippen LogP) is 0.00680. The number of hydrogen-bond donors (Lipinski definition) is 3. The SMILES string of the molecule is NC(N)=NC1=NC(=O)[C@@H](CC(=O)NCCc2ccccc2)S1. The number of rotatable bonds is 5. The van der Waals surface area contributed by atoms with Crippen molar-refractivity contribution in [1.29, 1.82) is 0 Å². The van der Waals surface area contributed by atoms with Gasteiger partial charge in [-0.25, -0.2) is 0 Å². The molecule has 0 aliphatic carbocycles. The van der Waals surface area contributed by atoms with Gasteiger partial charge in [0.25, 0.3) is 5.91 Å². The van der Waals surface area contributed by atoms with Gasteiger partial charge >= 0.3 is 0 Å². The third-order valence-corrected chi connectivity index (χ3v) is 3.95. The van der Waals surface area contributed by atoms with Gasteiger partial charge in [0.15, 0.2) is 11.1 Å². The van der Waals surface area contributed by atoms with Crippen molar-refractivity contribution in [3.05, 3.63) is 35.9 Å². The molecule has 0 unspecified atom stereocenters. The van der Waals surface area contributed by atoms with Crippen molar-refractivity contribution in [1.82, 2.24) is 5.32 Å². The summed E-state index contributed by atoms with van der Waals surface area (Å²) in [5, 5.41) is 2.43. The van der Waals surface area contributed by atoms with Crippen LogP contribution in [0.3, 0.4) is 0 Å². The van der Waals surface area contributed by atoms with E-state index >= 15 is 0 Å². The molecule has 0 bridgehead atoms. The van der Waals surface area contributed by atoms with Crippen LogP contribution in [0, 0.1) is 0 Å². The maximum atomic E-state index is 11.9. The molecule has 116 valence electrons. The molecule has 1 aliphatic heterocycles. The zero-order valence-electron chi connectivity index (χ0n) is 11.9. The molecular formula is C14H17N5O2S. The van der Waals surface area contributed by atoms with Crippen LogP contribution in [0.15, 0.2) is 40.3 Å². The molecule has 2 amide bonds. The van der Waals surface area contributed by atoms with Crippen LogP contribution < -0.4 is 16.8 Å². The lowest BCUT2D eigenvalue weighted by Crippen LogP contribution is -2.29. The van der Waals surface area contributed by atoms with Crippen LogP contribution in [0.25, 0.3) is 0 Å². The lowest BCUT2D eigenvalue weighted by atomic mass is 10.1. The number of amidine groups is 1. The Morgan fingerprint density at radius 1 is 1.32 bits per heavy atom. The minimum atomic E-state index is -0.560. The molecule has 8 heteroatoms. The van der Waals surface area contributed by atoms with Gasteiger partial charge in [0.05, 0.1) is 0 Å². The summed E-state index contributed by atoms with van der Waals surface area (Å²) in [5.41, 5.74) is 11.6. The lowest BCUT2D eigenvalue weighted by molar-refractivity contribution is -0.124. The largest absolute Gasteiger partial charge is 0.370 e. The number of guanidine groups is 1. The predicted molar refractivity (Wildman–Crippen MR) is 87.4 cm³/mol. The molecule has 1 aromatic rings. The van der Waals surface area contributed by atoms with E-state index in [1.165, 1.54) is 0 Å². The number of aliphatic imine (C=N–C) groups is 2. The van der Waals surface area contributed by atoms with Gasteiger partial charge in [-0.05, 0) is 12.0 Å². The summed E-state index contributed by atoms with van der Waals surface area (Å²) in [4.78, 5) is 30.9.